The van der Waals surface area contributed by atoms with Crippen LogP contribution in [0.5, 0.6) is 0 Å². The van der Waals surface area contributed by atoms with E-state index in [1.165, 1.54) is 30.4 Å². The molecule has 1 heterocycles. The first-order chi connectivity index (χ1) is 8.88. The van der Waals surface area contributed by atoms with Crippen molar-refractivity contribution in [3.8, 4) is 6.07 Å². The molecule has 0 fully saturated rings. The van der Waals surface area contributed by atoms with Gasteiger partial charge >= 0.3 is 0 Å². The number of nitriles is 1. The smallest absolute Gasteiger partial charge is 0.129 e. The Hall–Kier alpha value is -2.08. The van der Waals surface area contributed by atoms with E-state index >= 15 is 0 Å². The predicted molar refractivity (Wildman–Crippen MR) is 69.1 cm³/mol. The standard InChI is InChI=1S/C15H15N3/c16-10-14(15-17-7-8-18-15)13-6-5-11-3-1-2-4-12(11)9-13/h5-9,14H,1-4H2,(H,17,18). The van der Waals surface area contributed by atoms with E-state index in [0.29, 0.717) is 0 Å². The normalized spacial score (nSPS) is 15.7. The lowest BCUT2D eigenvalue weighted by molar-refractivity contribution is 0.683. The molecule has 3 nitrogen and oxygen atoms in total. The Morgan fingerprint density at radius 3 is 2.78 bits per heavy atom. The van der Waals surface area contributed by atoms with Crippen LogP contribution < -0.4 is 0 Å². The zero-order chi connectivity index (χ0) is 12.4. The fraction of sp³-hybridized carbons (Fsp3) is 0.333. The molecule has 1 aromatic carbocycles. The molecular weight excluding hydrogens is 222 g/mol. The van der Waals surface area contributed by atoms with Crippen molar-refractivity contribution in [3.63, 3.8) is 0 Å². The number of hydrogen-bond donors (Lipinski definition) is 1. The third-order valence-electron chi connectivity index (χ3n) is 3.63. The second kappa shape index (κ2) is 4.66. The first-order valence-corrected chi connectivity index (χ1v) is 6.39. The van der Waals surface area contributed by atoms with Crippen molar-refractivity contribution in [2.45, 2.75) is 31.6 Å². The van der Waals surface area contributed by atoms with E-state index in [4.69, 9.17) is 0 Å². The maximum atomic E-state index is 9.35. The lowest BCUT2D eigenvalue weighted by atomic mass is 9.87. The topological polar surface area (TPSA) is 52.5 Å². The molecule has 0 aliphatic heterocycles. The van der Waals surface area contributed by atoms with Crippen molar-refractivity contribution in [1.29, 1.82) is 5.26 Å². The molecule has 0 bridgehead atoms. The van der Waals surface area contributed by atoms with Gasteiger partial charge < -0.3 is 4.98 Å². The molecule has 90 valence electrons. The number of H-pyrrole nitrogens is 1. The Balaban J connectivity index is 1.99. The molecule has 3 heteroatoms. The predicted octanol–water partition coefficient (Wildman–Crippen LogP) is 2.94. The molecule has 0 spiro atoms. The maximum Gasteiger partial charge on any atom is 0.129 e. The molecule has 1 aromatic heterocycles. The van der Waals surface area contributed by atoms with Crippen LogP contribution in [0.15, 0.2) is 30.6 Å². The van der Waals surface area contributed by atoms with Gasteiger partial charge in [0.2, 0.25) is 0 Å². The maximum absolute atomic E-state index is 9.35. The average Bonchev–Trinajstić information content (AvgIpc) is 2.93. The van der Waals surface area contributed by atoms with Gasteiger partial charge in [0.1, 0.15) is 11.7 Å². The minimum atomic E-state index is -0.285. The largest absolute Gasteiger partial charge is 0.347 e. The molecule has 1 N–H and O–H groups in total. The molecule has 1 aliphatic rings. The lowest BCUT2D eigenvalue weighted by Crippen LogP contribution is -2.06. The van der Waals surface area contributed by atoms with Crippen LogP contribution in [-0.2, 0) is 12.8 Å². The van der Waals surface area contributed by atoms with Crippen molar-refractivity contribution in [3.05, 3.63) is 53.1 Å². The SMILES string of the molecule is N#CC(c1ccc2c(c1)CCCC2)c1ncc[nH]1. The van der Waals surface area contributed by atoms with Crippen LogP contribution in [0.3, 0.4) is 0 Å². The van der Waals surface area contributed by atoms with Crippen LogP contribution in [0.2, 0.25) is 0 Å². The second-order valence-electron chi connectivity index (χ2n) is 4.77. The summed E-state index contributed by atoms with van der Waals surface area (Å²) in [7, 11) is 0. The quantitative estimate of drug-likeness (QED) is 0.873. The molecule has 1 atom stereocenters. The molecule has 1 aliphatic carbocycles. The Kier molecular flexibility index (Phi) is 2.85. The number of aryl methyl sites for hydroxylation is 2. The first kappa shape index (κ1) is 11.0. The zero-order valence-corrected chi connectivity index (χ0v) is 10.2. The van der Waals surface area contributed by atoms with Crippen LogP contribution in [0, 0.1) is 11.3 Å². The van der Waals surface area contributed by atoms with Crippen molar-refractivity contribution >= 4 is 0 Å². The number of fused-ring (bicyclic) bond motifs is 1. The number of benzene rings is 1. The summed E-state index contributed by atoms with van der Waals surface area (Å²) in [5.74, 6) is 0.445. The number of nitrogens with zero attached hydrogens (tertiary/aromatic N) is 2. The van der Waals surface area contributed by atoms with Gasteiger partial charge in [-0.15, -0.1) is 0 Å². The molecule has 0 amide bonds. The Morgan fingerprint density at radius 1 is 1.22 bits per heavy atom. The number of nitrogens with one attached hydrogen (secondary N) is 1. The molecule has 0 saturated heterocycles. The van der Waals surface area contributed by atoms with Crippen molar-refractivity contribution in [2.24, 2.45) is 0 Å². The summed E-state index contributed by atoms with van der Waals surface area (Å²) >= 11 is 0. The number of aromatic nitrogens is 2. The number of hydrogen-bond acceptors (Lipinski definition) is 2. The molecule has 1 unspecified atom stereocenters. The molecule has 0 saturated carbocycles. The molecule has 3 rings (SSSR count). The van der Waals surface area contributed by atoms with Crippen molar-refractivity contribution in [1.82, 2.24) is 9.97 Å². The van der Waals surface area contributed by atoms with Gasteiger partial charge in [0, 0.05) is 12.4 Å². The summed E-state index contributed by atoms with van der Waals surface area (Å²) in [6, 6.07) is 8.77. The number of imidazole rings is 1. The van der Waals surface area contributed by atoms with Gasteiger partial charge in [0.05, 0.1) is 6.07 Å². The minimum Gasteiger partial charge on any atom is -0.347 e. The third-order valence-corrected chi connectivity index (χ3v) is 3.63. The summed E-state index contributed by atoms with van der Waals surface area (Å²) in [5, 5.41) is 9.35. The van der Waals surface area contributed by atoms with E-state index in [9.17, 15) is 5.26 Å². The van der Waals surface area contributed by atoms with Crippen LogP contribution in [-0.4, -0.2) is 9.97 Å². The fourth-order valence-electron chi connectivity index (χ4n) is 2.66. The van der Waals surface area contributed by atoms with Crippen molar-refractivity contribution in [2.75, 3.05) is 0 Å². The highest BCUT2D eigenvalue weighted by atomic mass is 14.9. The third kappa shape index (κ3) is 1.91. The molecular formula is C15H15N3. The van der Waals surface area contributed by atoms with Crippen LogP contribution in [0.1, 0.15) is 41.3 Å². The minimum absolute atomic E-state index is 0.285. The van der Waals surface area contributed by atoms with Gasteiger partial charge in [-0.1, -0.05) is 18.2 Å². The van der Waals surface area contributed by atoms with Gasteiger partial charge in [-0.3, -0.25) is 0 Å². The lowest BCUT2D eigenvalue weighted by Gasteiger charge is -2.17. The summed E-state index contributed by atoms with van der Waals surface area (Å²) < 4.78 is 0. The van der Waals surface area contributed by atoms with E-state index in [0.717, 1.165) is 17.8 Å². The van der Waals surface area contributed by atoms with Gasteiger partial charge in [0.25, 0.3) is 0 Å². The highest BCUT2D eigenvalue weighted by Crippen LogP contribution is 2.27. The fourth-order valence-corrected chi connectivity index (χ4v) is 2.66. The molecule has 18 heavy (non-hydrogen) atoms. The molecule has 0 radical (unpaired) electrons. The summed E-state index contributed by atoms with van der Waals surface area (Å²) in [4.78, 5) is 7.23. The van der Waals surface area contributed by atoms with E-state index in [1.54, 1.807) is 12.4 Å². The monoisotopic (exact) mass is 237 g/mol. The summed E-state index contributed by atoms with van der Waals surface area (Å²) in [5.41, 5.74) is 3.90. The van der Waals surface area contributed by atoms with Crippen LogP contribution in [0.25, 0.3) is 0 Å². The Morgan fingerprint density at radius 2 is 2.06 bits per heavy atom. The van der Waals surface area contributed by atoms with E-state index in [-0.39, 0.29) is 5.92 Å². The van der Waals surface area contributed by atoms with Crippen LogP contribution in [0.4, 0.5) is 0 Å². The first-order valence-electron chi connectivity index (χ1n) is 6.39. The van der Waals surface area contributed by atoms with Gasteiger partial charge in [-0.2, -0.15) is 5.26 Å². The van der Waals surface area contributed by atoms with Crippen LogP contribution >= 0.6 is 0 Å². The molecule has 2 aromatic rings. The van der Waals surface area contributed by atoms with Gasteiger partial charge in [-0.05, 0) is 42.4 Å². The van der Waals surface area contributed by atoms with E-state index in [1.807, 2.05) is 0 Å². The second-order valence-corrected chi connectivity index (χ2v) is 4.77. The Bertz CT molecular complexity index is 578. The van der Waals surface area contributed by atoms with Gasteiger partial charge in [-0.25, -0.2) is 4.98 Å². The highest BCUT2D eigenvalue weighted by molar-refractivity contribution is 5.39. The zero-order valence-electron chi connectivity index (χ0n) is 10.2. The Labute approximate surface area is 106 Å². The van der Waals surface area contributed by atoms with E-state index in [2.05, 4.69) is 34.2 Å². The van der Waals surface area contributed by atoms with Crippen molar-refractivity contribution < 1.29 is 0 Å². The summed E-state index contributed by atoms with van der Waals surface area (Å²) in [6.07, 6.45) is 8.31. The summed E-state index contributed by atoms with van der Waals surface area (Å²) in [6.45, 7) is 0. The van der Waals surface area contributed by atoms with Gasteiger partial charge in [0.15, 0.2) is 0 Å². The number of rotatable bonds is 2. The average molecular weight is 237 g/mol. The number of aromatic amines is 1. The highest BCUT2D eigenvalue weighted by Gasteiger charge is 2.18. The van der Waals surface area contributed by atoms with E-state index < -0.39 is 0 Å².